The Kier molecular flexibility index (Phi) is 4.31. The van der Waals surface area contributed by atoms with Gasteiger partial charge < -0.3 is 9.73 Å². The molecule has 4 rings (SSSR count). The van der Waals surface area contributed by atoms with Crippen LogP contribution in [0.4, 0.5) is 10.1 Å². The predicted octanol–water partition coefficient (Wildman–Crippen LogP) is 3.82. The van der Waals surface area contributed by atoms with Crippen LogP contribution in [0.15, 0.2) is 57.9 Å². The molecule has 0 spiro atoms. The summed E-state index contributed by atoms with van der Waals surface area (Å²) in [5, 5.41) is 7.14. The van der Waals surface area contributed by atoms with Crippen molar-refractivity contribution >= 4 is 22.7 Å². The van der Waals surface area contributed by atoms with Crippen molar-refractivity contribution < 1.29 is 13.6 Å². The highest BCUT2D eigenvalue weighted by atomic mass is 19.1. The summed E-state index contributed by atoms with van der Waals surface area (Å²) in [5.41, 5.74) is 3.21. The van der Waals surface area contributed by atoms with Gasteiger partial charge in [-0.05, 0) is 48.4 Å². The maximum Gasteiger partial charge on any atom is 0.417 e. The maximum atomic E-state index is 13.2. The van der Waals surface area contributed by atoms with Gasteiger partial charge in [-0.1, -0.05) is 13.8 Å². The van der Waals surface area contributed by atoms with Crippen LogP contribution < -0.4 is 11.1 Å². The first-order valence-corrected chi connectivity index (χ1v) is 8.70. The molecule has 0 aliphatic heterocycles. The molecule has 2 aromatic heterocycles. The Labute approximate surface area is 158 Å². The molecule has 0 radical (unpaired) electrons. The van der Waals surface area contributed by atoms with Crippen molar-refractivity contribution in [1.82, 2.24) is 14.8 Å². The van der Waals surface area contributed by atoms with Gasteiger partial charge in [0, 0.05) is 5.69 Å². The summed E-state index contributed by atoms with van der Waals surface area (Å²) in [7, 11) is 0. The van der Waals surface area contributed by atoms with Gasteiger partial charge in [-0.3, -0.25) is 9.78 Å². The summed E-state index contributed by atoms with van der Waals surface area (Å²) in [6.07, 6.45) is 1.49. The Morgan fingerprint density at radius 2 is 1.96 bits per heavy atom. The summed E-state index contributed by atoms with van der Waals surface area (Å²) in [5.74, 6) is -1.22. The van der Waals surface area contributed by atoms with Crippen LogP contribution in [0.1, 0.15) is 35.8 Å². The van der Waals surface area contributed by atoms with Gasteiger partial charge in [-0.15, -0.1) is 0 Å². The summed E-state index contributed by atoms with van der Waals surface area (Å²) in [4.78, 5) is 26.7. The predicted molar refractivity (Wildman–Crippen MR) is 102 cm³/mol. The highest BCUT2D eigenvalue weighted by molar-refractivity contribution is 6.05. The average Bonchev–Trinajstić information content (AvgIpc) is 3.25. The van der Waals surface area contributed by atoms with Crippen LogP contribution in [0, 0.1) is 5.82 Å². The van der Waals surface area contributed by atoms with E-state index in [1.165, 1.54) is 18.3 Å². The molecule has 7 nitrogen and oxygen atoms in total. The van der Waals surface area contributed by atoms with Crippen molar-refractivity contribution in [2.75, 3.05) is 5.32 Å². The molecule has 0 fully saturated rings. The number of oxazole rings is 1. The van der Waals surface area contributed by atoms with Gasteiger partial charge in [0.2, 0.25) is 0 Å². The second kappa shape index (κ2) is 6.80. The standard InChI is InChI=1S/C20H17FN4O3/c1-11(2)18-15(10-22-25(18)14-6-3-12(21)4-7-14)19(26)23-13-5-8-17-16(9-13)24-20(27)28-17/h3-11H,1-2H3,(H,23,26)(H,24,27). The number of rotatable bonds is 4. The smallest absolute Gasteiger partial charge is 0.408 e. The third-order valence-electron chi connectivity index (χ3n) is 4.35. The van der Waals surface area contributed by atoms with E-state index in [4.69, 9.17) is 4.42 Å². The molecule has 2 aromatic carbocycles. The second-order valence-corrected chi connectivity index (χ2v) is 6.67. The number of hydrogen-bond donors (Lipinski definition) is 2. The topological polar surface area (TPSA) is 92.9 Å². The Bertz CT molecular complexity index is 1220. The molecule has 0 aliphatic carbocycles. The molecule has 1 amide bonds. The monoisotopic (exact) mass is 380 g/mol. The molecule has 0 aliphatic rings. The largest absolute Gasteiger partial charge is 0.417 e. The number of halogens is 1. The Morgan fingerprint density at radius 1 is 1.21 bits per heavy atom. The number of carbonyl (C=O) groups is 1. The van der Waals surface area contributed by atoms with Crippen molar-refractivity contribution in [3.05, 3.63) is 76.3 Å². The number of H-pyrrole nitrogens is 1. The van der Waals surface area contributed by atoms with Gasteiger partial charge in [-0.2, -0.15) is 5.10 Å². The third kappa shape index (κ3) is 3.20. The van der Waals surface area contributed by atoms with Crippen LogP contribution in [0.5, 0.6) is 0 Å². The van der Waals surface area contributed by atoms with E-state index < -0.39 is 5.76 Å². The molecule has 8 heteroatoms. The first-order valence-electron chi connectivity index (χ1n) is 8.70. The third-order valence-corrected chi connectivity index (χ3v) is 4.35. The summed E-state index contributed by atoms with van der Waals surface area (Å²) >= 11 is 0. The Morgan fingerprint density at radius 3 is 2.68 bits per heavy atom. The average molecular weight is 380 g/mol. The van der Waals surface area contributed by atoms with E-state index in [0.717, 1.165) is 0 Å². The quantitative estimate of drug-likeness (QED) is 0.563. The Hall–Kier alpha value is -3.68. The molecule has 0 atom stereocenters. The zero-order chi connectivity index (χ0) is 19.8. The van der Waals surface area contributed by atoms with Gasteiger partial charge in [-0.25, -0.2) is 13.9 Å². The minimum atomic E-state index is -0.554. The molecule has 28 heavy (non-hydrogen) atoms. The minimum Gasteiger partial charge on any atom is -0.408 e. The van der Waals surface area contributed by atoms with Crippen LogP contribution in [-0.2, 0) is 0 Å². The molecule has 2 N–H and O–H groups in total. The normalized spacial score (nSPS) is 11.3. The SMILES string of the molecule is CC(C)c1c(C(=O)Nc2ccc3oc(=O)[nH]c3c2)cnn1-c1ccc(F)cc1. The van der Waals surface area contributed by atoms with Crippen molar-refractivity contribution in [1.29, 1.82) is 0 Å². The van der Waals surface area contributed by atoms with Gasteiger partial charge in [0.25, 0.3) is 5.91 Å². The lowest BCUT2D eigenvalue weighted by Gasteiger charge is -2.13. The van der Waals surface area contributed by atoms with E-state index >= 15 is 0 Å². The molecule has 0 unspecified atom stereocenters. The Balaban J connectivity index is 1.68. The van der Waals surface area contributed by atoms with Crippen molar-refractivity contribution in [2.24, 2.45) is 0 Å². The second-order valence-electron chi connectivity index (χ2n) is 6.67. The zero-order valence-electron chi connectivity index (χ0n) is 15.2. The molecular formula is C20H17FN4O3. The number of amides is 1. The lowest BCUT2D eigenvalue weighted by atomic mass is 10.0. The molecule has 4 aromatic rings. The number of nitrogens with zero attached hydrogens (tertiary/aromatic N) is 2. The van der Waals surface area contributed by atoms with Crippen molar-refractivity contribution in [3.8, 4) is 5.69 Å². The number of nitrogens with one attached hydrogen (secondary N) is 2. The maximum absolute atomic E-state index is 13.2. The number of carbonyl (C=O) groups excluding carboxylic acids is 1. The first kappa shape index (κ1) is 17.7. The van der Waals surface area contributed by atoms with Gasteiger partial charge in [0.05, 0.1) is 28.7 Å². The van der Waals surface area contributed by atoms with E-state index in [1.807, 2.05) is 13.8 Å². The van der Waals surface area contributed by atoms with E-state index in [2.05, 4.69) is 15.4 Å². The minimum absolute atomic E-state index is 0.000937. The molecule has 0 saturated heterocycles. The summed E-state index contributed by atoms with van der Waals surface area (Å²) in [6, 6.07) is 10.8. The van der Waals surface area contributed by atoms with Crippen LogP contribution >= 0.6 is 0 Å². The van der Waals surface area contributed by atoms with Crippen LogP contribution in [0.2, 0.25) is 0 Å². The fourth-order valence-electron chi connectivity index (χ4n) is 3.10. The fraction of sp³-hybridized carbons (Fsp3) is 0.150. The highest BCUT2D eigenvalue weighted by Crippen LogP contribution is 2.25. The number of hydrogen-bond acceptors (Lipinski definition) is 4. The number of aromatic nitrogens is 3. The van der Waals surface area contributed by atoms with Crippen LogP contribution in [-0.4, -0.2) is 20.7 Å². The molecule has 142 valence electrons. The lowest BCUT2D eigenvalue weighted by Crippen LogP contribution is -2.15. The fourth-order valence-corrected chi connectivity index (χ4v) is 3.10. The molecule has 2 heterocycles. The molecule has 0 bridgehead atoms. The summed E-state index contributed by atoms with van der Waals surface area (Å²) < 4.78 is 19.8. The van der Waals surface area contributed by atoms with Gasteiger partial charge in [0.15, 0.2) is 5.58 Å². The summed E-state index contributed by atoms with van der Waals surface area (Å²) in [6.45, 7) is 3.91. The van der Waals surface area contributed by atoms with Crippen molar-refractivity contribution in [3.63, 3.8) is 0 Å². The number of fused-ring (bicyclic) bond motifs is 1. The highest BCUT2D eigenvalue weighted by Gasteiger charge is 2.21. The van der Waals surface area contributed by atoms with Gasteiger partial charge >= 0.3 is 5.76 Å². The van der Waals surface area contributed by atoms with E-state index in [-0.39, 0.29) is 17.6 Å². The van der Waals surface area contributed by atoms with Gasteiger partial charge in [0.1, 0.15) is 5.82 Å². The van der Waals surface area contributed by atoms with Crippen molar-refractivity contribution in [2.45, 2.75) is 19.8 Å². The number of aromatic amines is 1. The van der Waals surface area contributed by atoms with Crippen LogP contribution in [0.25, 0.3) is 16.8 Å². The molecular weight excluding hydrogens is 363 g/mol. The number of anilines is 1. The van der Waals surface area contributed by atoms with E-state index in [1.54, 1.807) is 35.0 Å². The number of benzene rings is 2. The molecule has 0 saturated carbocycles. The lowest BCUT2D eigenvalue weighted by molar-refractivity contribution is 0.102. The van der Waals surface area contributed by atoms with E-state index in [9.17, 15) is 14.0 Å². The first-order chi connectivity index (χ1) is 13.4. The van der Waals surface area contributed by atoms with Crippen LogP contribution in [0.3, 0.4) is 0 Å². The zero-order valence-corrected chi connectivity index (χ0v) is 15.2. The van der Waals surface area contributed by atoms with E-state index in [0.29, 0.717) is 33.7 Å².